The summed E-state index contributed by atoms with van der Waals surface area (Å²) in [5.41, 5.74) is 0. The van der Waals surface area contributed by atoms with E-state index in [2.05, 4.69) is 20.5 Å². The van der Waals surface area contributed by atoms with Crippen LogP contribution in [-0.4, -0.2) is 27.0 Å². The Hall–Kier alpha value is -1.10. The molecule has 0 fully saturated rings. The molecule has 0 saturated carbocycles. The number of hydrogen-bond donors (Lipinski definition) is 2. The number of anilines is 1. The first kappa shape index (κ1) is 8.00. The van der Waals surface area contributed by atoms with Crippen LogP contribution < -0.4 is 5.32 Å². The van der Waals surface area contributed by atoms with Crippen LogP contribution in [-0.2, 0) is 4.79 Å². The van der Waals surface area contributed by atoms with Gasteiger partial charge in [0, 0.05) is 0 Å². The number of nitrogens with zero attached hydrogens (tertiary/aromatic N) is 2. The van der Waals surface area contributed by atoms with Gasteiger partial charge in [-0.25, -0.2) is 0 Å². The van der Waals surface area contributed by atoms with Crippen LogP contribution >= 0.6 is 11.6 Å². The maximum Gasteiger partial charge on any atom is 0.248 e. The molecule has 1 aromatic rings. The number of nitrogens with one attached hydrogen (secondary N) is 2. The molecule has 1 amide bonds. The molecule has 1 rings (SSSR count). The summed E-state index contributed by atoms with van der Waals surface area (Å²) in [6, 6.07) is 0. The number of aryl methyl sites for hydroxylation is 1. The highest BCUT2D eigenvalue weighted by Gasteiger charge is 2.02. The Morgan fingerprint density at radius 1 is 1.82 bits per heavy atom. The number of alkyl halides is 1. The highest BCUT2D eigenvalue weighted by atomic mass is 35.5. The van der Waals surface area contributed by atoms with E-state index in [0.29, 0.717) is 5.82 Å². The van der Waals surface area contributed by atoms with Gasteiger partial charge in [-0.15, -0.1) is 16.7 Å². The summed E-state index contributed by atoms with van der Waals surface area (Å²) < 4.78 is 0. The Kier molecular flexibility index (Phi) is 2.43. The van der Waals surface area contributed by atoms with E-state index in [1.165, 1.54) is 0 Å². The number of H-pyrrole nitrogens is 1. The molecule has 0 aliphatic rings. The SMILES string of the molecule is Cc1nc(NC(=O)CCl)n[nH]1. The minimum Gasteiger partial charge on any atom is -0.292 e. The van der Waals surface area contributed by atoms with Crippen LogP contribution in [0.5, 0.6) is 0 Å². The van der Waals surface area contributed by atoms with Gasteiger partial charge in [0.05, 0.1) is 0 Å². The van der Waals surface area contributed by atoms with E-state index in [1.807, 2.05) is 0 Å². The molecule has 0 aliphatic heterocycles. The van der Waals surface area contributed by atoms with Crippen LogP contribution in [0, 0.1) is 6.92 Å². The third-order valence-electron chi connectivity index (χ3n) is 0.970. The summed E-state index contributed by atoms with van der Waals surface area (Å²) in [6.45, 7) is 1.74. The molecule has 0 saturated heterocycles. The minimum atomic E-state index is -0.314. The Balaban J connectivity index is 2.57. The lowest BCUT2D eigenvalue weighted by Gasteiger charge is -1.92. The largest absolute Gasteiger partial charge is 0.292 e. The molecule has 2 N–H and O–H groups in total. The number of carbonyl (C=O) groups is 1. The fraction of sp³-hybridized carbons (Fsp3) is 0.400. The van der Waals surface area contributed by atoms with E-state index in [-0.39, 0.29) is 17.7 Å². The maximum atomic E-state index is 10.7. The third-order valence-corrected chi connectivity index (χ3v) is 1.21. The van der Waals surface area contributed by atoms with Crippen molar-refractivity contribution in [2.45, 2.75) is 6.92 Å². The number of aromatic nitrogens is 3. The van der Waals surface area contributed by atoms with E-state index in [0.717, 1.165) is 0 Å². The van der Waals surface area contributed by atoms with Crippen LogP contribution in [0.4, 0.5) is 5.95 Å². The zero-order chi connectivity index (χ0) is 8.27. The number of amides is 1. The molecule has 5 nitrogen and oxygen atoms in total. The lowest BCUT2D eigenvalue weighted by atomic mass is 10.7. The van der Waals surface area contributed by atoms with Crippen molar-refractivity contribution in [1.82, 2.24) is 15.2 Å². The van der Waals surface area contributed by atoms with E-state index in [1.54, 1.807) is 6.92 Å². The lowest BCUT2D eigenvalue weighted by Crippen LogP contribution is -2.13. The van der Waals surface area contributed by atoms with Gasteiger partial charge in [0.1, 0.15) is 11.7 Å². The van der Waals surface area contributed by atoms with E-state index in [4.69, 9.17) is 11.6 Å². The molecular weight excluding hydrogens is 168 g/mol. The summed E-state index contributed by atoms with van der Waals surface area (Å²) in [5.74, 6) is 0.502. The van der Waals surface area contributed by atoms with Crippen LogP contribution in [0.3, 0.4) is 0 Å². The Bertz CT molecular complexity index is 259. The molecule has 60 valence electrons. The molecule has 1 heterocycles. The highest BCUT2D eigenvalue weighted by Crippen LogP contribution is 1.96. The number of aromatic amines is 1. The fourth-order valence-corrected chi connectivity index (χ4v) is 0.624. The van der Waals surface area contributed by atoms with E-state index >= 15 is 0 Å². The quantitative estimate of drug-likeness (QED) is 0.634. The van der Waals surface area contributed by atoms with Crippen LogP contribution in [0.2, 0.25) is 0 Å². The van der Waals surface area contributed by atoms with Crippen molar-refractivity contribution >= 4 is 23.5 Å². The lowest BCUT2D eigenvalue weighted by molar-refractivity contribution is -0.114. The molecular formula is C5H7ClN4O. The van der Waals surface area contributed by atoms with Crippen molar-refractivity contribution in [2.24, 2.45) is 0 Å². The van der Waals surface area contributed by atoms with Crippen molar-refractivity contribution in [2.75, 3.05) is 11.2 Å². The average molecular weight is 175 g/mol. The normalized spacial score (nSPS) is 9.64. The molecule has 1 aromatic heterocycles. The average Bonchev–Trinajstić information content (AvgIpc) is 2.35. The Morgan fingerprint density at radius 2 is 2.55 bits per heavy atom. The topological polar surface area (TPSA) is 70.7 Å². The number of carbonyl (C=O) groups excluding carboxylic acids is 1. The number of hydrogen-bond acceptors (Lipinski definition) is 3. The first-order valence-corrected chi connectivity index (χ1v) is 3.50. The zero-order valence-electron chi connectivity index (χ0n) is 5.89. The molecule has 0 radical (unpaired) electrons. The van der Waals surface area contributed by atoms with Gasteiger partial charge in [-0.3, -0.25) is 15.2 Å². The van der Waals surface area contributed by atoms with Gasteiger partial charge in [0.25, 0.3) is 0 Å². The summed E-state index contributed by atoms with van der Waals surface area (Å²) in [7, 11) is 0. The van der Waals surface area contributed by atoms with Gasteiger partial charge in [-0.1, -0.05) is 0 Å². The summed E-state index contributed by atoms with van der Waals surface area (Å²) in [6.07, 6.45) is 0. The summed E-state index contributed by atoms with van der Waals surface area (Å²) in [5, 5.41) is 8.64. The summed E-state index contributed by atoms with van der Waals surface area (Å²) >= 11 is 5.23. The van der Waals surface area contributed by atoms with Crippen molar-refractivity contribution in [3.05, 3.63) is 5.82 Å². The predicted molar refractivity (Wildman–Crippen MR) is 40.5 cm³/mol. The molecule has 0 aromatic carbocycles. The van der Waals surface area contributed by atoms with E-state index in [9.17, 15) is 4.79 Å². The molecule has 6 heteroatoms. The third kappa shape index (κ3) is 2.19. The first-order valence-electron chi connectivity index (χ1n) is 2.97. The second kappa shape index (κ2) is 3.34. The van der Waals surface area contributed by atoms with Gasteiger partial charge >= 0.3 is 0 Å². The molecule has 0 atom stereocenters. The number of rotatable bonds is 2. The molecule has 0 aliphatic carbocycles. The minimum absolute atomic E-state index is 0.0897. The Labute approximate surface area is 68.2 Å². The van der Waals surface area contributed by atoms with Gasteiger partial charge in [-0.2, -0.15) is 4.98 Å². The van der Waals surface area contributed by atoms with Gasteiger partial charge in [-0.05, 0) is 6.92 Å². The first-order chi connectivity index (χ1) is 5.22. The van der Waals surface area contributed by atoms with Gasteiger partial charge in [0.2, 0.25) is 11.9 Å². The van der Waals surface area contributed by atoms with Crippen LogP contribution in [0.25, 0.3) is 0 Å². The maximum absolute atomic E-state index is 10.7. The number of halogens is 1. The molecule has 0 spiro atoms. The standard InChI is InChI=1S/C5H7ClN4O/c1-3-7-5(10-9-3)8-4(11)2-6/h2H2,1H3,(H2,7,8,9,10,11). The van der Waals surface area contributed by atoms with E-state index < -0.39 is 0 Å². The molecule has 0 bridgehead atoms. The van der Waals surface area contributed by atoms with Crippen molar-refractivity contribution in [3.63, 3.8) is 0 Å². The Morgan fingerprint density at radius 3 is 3.00 bits per heavy atom. The van der Waals surface area contributed by atoms with Gasteiger partial charge < -0.3 is 0 Å². The van der Waals surface area contributed by atoms with Crippen molar-refractivity contribution in [1.29, 1.82) is 0 Å². The zero-order valence-corrected chi connectivity index (χ0v) is 6.64. The van der Waals surface area contributed by atoms with Gasteiger partial charge in [0.15, 0.2) is 0 Å². The molecule has 0 unspecified atom stereocenters. The molecule has 11 heavy (non-hydrogen) atoms. The van der Waals surface area contributed by atoms with Crippen LogP contribution in [0.1, 0.15) is 5.82 Å². The highest BCUT2D eigenvalue weighted by molar-refractivity contribution is 6.28. The smallest absolute Gasteiger partial charge is 0.248 e. The second-order valence-electron chi connectivity index (χ2n) is 1.93. The fourth-order valence-electron chi connectivity index (χ4n) is 0.557. The summed E-state index contributed by atoms with van der Waals surface area (Å²) in [4.78, 5) is 14.5. The monoisotopic (exact) mass is 174 g/mol. The van der Waals surface area contributed by atoms with Crippen LogP contribution in [0.15, 0.2) is 0 Å². The van der Waals surface area contributed by atoms with Crippen molar-refractivity contribution < 1.29 is 4.79 Å². The van der Waals surface area contributed by atoms with Crippen molar-refractivity contribution in [3.8, 4) is 0 Å². The second-order valence-corrected chi connectivity index (χ2v) is 2.19. The predicted octanol–water partition coefficient (Wildman–Crippen LogP) is 0.290.